The molecule has 0 saturated carbocycles. The topological polar surface area (TPSA) is 73.6 Å². The summed E-state index contributed by atoms with van der Waals surface area (Å²) in [4.78, 5) is 12.2. The molecule has 1 rings (SSSR count). The zero-order valence-corrected chi connectivity index (χ0v) is 14.2. The van der Waals surface area contributed by atoms with Gasteiger partial charge in [0.25, 0.3) is 5.91 Å². The van der Waals surface area contributed by atoms with E-state index in [-0.39, 0.29) is 18.3 Å². The molecule has 0 unspecified atom stereocenters. The summed E-state index contributed by atoms with van der Waals surface area (Å²) >= 11 is 6.13. The van der Waals surface area contributed by atoms with Crippen LogP contribution in [0.5, 0.6) is 11.5 Å². The Bertz CT molecular complexity index is 493. The number of nitrogens with two attached hydrogens (primary N) is 1. The van der Waals surface area contributed by atoms with Crippen LogP contribution in [0.3, 0.4) is 0 Å². The van der Waals surface area contributed by atoms with E-state index in [2.05, 4.69) is 5.32 Å². The molecule has 0 radical (unpaired) electrons. The molecular formula is C14H22Cl2N2O3. The predicted octanol–water partition coefficient (Wildman–Crippen LogP) is 2.64. The number of nitrogens with one attached hydrogen (secondary N) is 1. The third-order valence-corrected chi connectivity index (χ3v) is 3.02. The van der Waals surface area contributed by atoms with Crippen LogP contribution < -0.4 is 20.5 Å². The fourth-order valence-corrected chi connectivity index (χ4v) is 1.83. The van der Waals surface area contributed by atoms with Crippen LogP contribution in [0.4, 0.5) is 0 Å². The molecule has 1 amide bonds. The van der Waals surface area contributed by atoms with Crippen molar-refractivity contribution in [3.8, 4) is 11.5 Å². The van der Waals surface area contributed by atoms with Gasteiger partial charge in [0.2, 0.25) is 0 Å². The van der Waals surface area contributed by atoms with E-state index in [9.17, 15) is 4.79 Å². The first-order chi connectivity index (χ1) is 9.34. The average Bonchev–Trinajstić information content (AvgIpc) is 2.40. The van der Waals surface area contributed by atoms with Crippen molar-refractivity contribution in [2.45, 2.75) is 26.3 Å². The molecule has 0 heterocycles. The first-order valence-corrected chi connectivity index (χ1v) is 6.75. The van der Waals surface area contributed by atoms with Crippen molar-refractivity contribution in [2.75, 3.05) is 20.3 Å². The second-order valence-electron chi connectivity index (χ2n) is 4.96. The monoisotopic (exact) mass is 336 g/mol. The minimum Gasteiger partial charge on any atom is -0.493 e. The van der Waals surface area contributed by atoms with Crippen LogP contribution in [0.15, 0.2) is 12.1 Å². The summed E-state index contributed by atoms with van der Waals surface area (Å²) in [6, 6.07) is 3.15. The number of ether oxygens (including phenoxy) is 2. The maximum atomic E-state index is 12.2. The van der Waals surface area contributed by atoms with Gasteiger partial charge in [0.1, 0.15) is 0 Å². The van der Waals surface area contributed by atoms with Crippen molar-refractivity contribution in [1.82, 2.24) is 5.32 Å². The van der Waals surface area contributed by atoms with Crippen molar-refractivity contribution in [3.63, 3.8) is 0 Å². The molecule has 3 N–H and O–H groups in total. The standard InChI is InChI=1S/C14H21ClN2O3.ClH/c1-5-20-12-10(15)6-9(7-11(12)19-4)13(18)17-14(2,3)8-16;/h6-7H,5,8,16H2,1-4H3,(H,17,18);1H. The first kappa shape index (κ1) is 19.8. The SMILES string of the molecule is CCOc1c(Cl)cc(C(=O)NC(C)(C)CN)cc1OC.Cl. The second kappa shape index (κ2) is 8.32. The van der Waals surface area contributed by atoms with Gasteiger partial charge in [0.05, 0.1) is 18.7 Å². The lowest BCUT2D eigenvalue weighted by Gasteiger charge is -2.24. The van der Waals surface area contributed by atoms with E-state index in [4.69, 9.17) is 26.8 Å². The molecule has 0 aliphatic carbocycles. The minimum atomic E-state index is -0.491. The Hall–Kier alpha value is -1.17. The number of hydrogen-bond donors (Lipinski definition) is 2. The van der Waals surface area contributed by atoms with Crippen LogP contribution >= 0.6 is 24.0 Å². The van der Waals surface area contributed by atoms with E-state index in [0.29, 0.717) is 35.2 Å². The molecule has 7 heteroatoms. The van der Waals surface area contributed by atoms with Gasteiger partial charge in [-0.3, -0.25) is 4.79 Å². The van der Waals surface area contributed by atoms with E-state index in [0.717, 1.165) is 0 Å². The van der Waals surface area contributed by atoms with E-state index in [1.165, 1.54) is 7.11 Å². The average molecular weight is 337 g/mol. The molecule has 0 bridgehead atoms. The summed E-state index contributed by atoms with van der Waals surface area (Å²) in [5.74, 6) is 0.602. The molecule has 1 aromatic carbocycles. The number of amides is 1. The first-order valence-electron chi connectivity index (χ1n) is 6.37. The van der Waals surface area contributed by atoms with Gasteiger partial charge in [-0.05, 0) is 32.9 Å². The largest absolute Gasteiger partial charge is 0.493 e. The Morgan fingerprint density at radius 2 is 2.05 bits per heavy atom. The summed E-state index contributed by atoms with van der Waals surface area (Å²) in [7, 11) is 1.50. The van der Waals surface area contributed by atoms with E-state index in [1.807, 2.05) is 20.8 Å². The maximum Gasteiger partial charge on any atom is 0.251 e. The van der Waals surface area contributed by atoms with Crippen molar-refractivity contribution < 1.29 is 14.3 Å². The van der Waals surface area contributed by atoms with Gasteiger partial charge in [0, 0.05) is 17.6 Å². The number of hydrogen-bond acceptors (Lipinski definition) is 4. The molecule has 1 aromatic rings. The van der Waals surface area contributed by atoms with Crippen LogP contribution in [0, 0.1) is 0 Å². The van der Waals surface area contributed by atoms with Crippen LogP contribution in [0.25, 0.3) is 0 Å². The quantitative estimate of drug-likeness (QED) is 0.837. The van der Waals surface area contributed by atoms with Gasteiger partial charge in [-0.25, -0.2) is 0 Å². The maximum absolute atomic E-state index is 12.2. The summed E-state index contributed by atoms with van der Waals surface area (Å²) in [5.41, 5.74) is 5.51. The van der Waals surface area contributed by atoms with Crippen LogP contribution in [0.1, 0.15) is 31.1 Å². The number of carbonyl (C=O) groups is 1. The molecule has 120 valence electrons. The Morgan fingerprint density at radius 3 is 2.52 bits per heavy atom. The third-order valence-electron chi connectivity index (χ3n) is 2.74. The fourth-order valence-electron chi connectivity index (χ4n) is 1.57. The van der Waals surface area contributed by atoms with Crippen LogP contribution in [-0.2, 0) is 0 Å². The van der Waals surface area contributed by atoms with Gasteiger partial charge in [0.15, 0.2) is 11.5 Å². The minimum absolute atomic E-state index is 0. The zero-order valence-electron chi connectivity index (χ0n) is 12.7. The van der Waals surface area contributed by atoms with Gasteiger partial charge >= 0.3 is 0 Å². The summed E-state index contributed by atoms with van der Waals surface area (Å²) in [6.07, 6.45) is 0. The Kier molecular flexibility index (Phi) is 7.85. The number of carbonyl (C=O) groups excluding carboxylic acids is 1. The Morgan fingerprint density at radius 1 is 1.43 bits per heavy atom. The molecule has 0 spiro atoms. The molecule has 0 aromatic heterocycles. The fraction of sp³-hybridized carbons (Fsp3) is 0.500. The van der Waals surface area contributed by atoms with E-state index >= 15 is 0 Å². The van der Waals surface area contributed by atoms with Gasteiger partial charge in [-0.15, -0.1) is 12.4 Å². The molecular weight excluding hydrogens is 315 g/mol. The van der Waals surface area contributed by atoms with Crippen LogP contribution in [-0.4, -0.2) is 31.7 Å². The summed E-state index contributed by atoms with van der Waals surface area (Å²) in [6.45, 7) is 6.33. The lowest BCUT2D eigenvalue weighted by Crippen LogP contribution is -2.48. The molecule has 0 saturated heterocycles. The Labute approximate surface area is 136 Å². The summed E-state index contributed by atoms with van der Waals surface area (Å²) in [5, 5.41) is 3.17. The van der Waals surface area contributed by atoms with Crippen molar-refractivity contribution in [2.24, 2.45) is 5.73 Å². The van der Waals surface area contributed by atoms with Gasteiger partial charge < -0.3 is 20.5 Å². The molecule has 5 nitrogen and oxygen atoms in total. The number of rotatable bonds is 6. The smallest absolute Gasteiger partial charge is 0.251 e. The second-order valence-corrected chi connectivity index (χ2v) is 5.37. The highest BCUT2D eigenvalue weighted by Crippen LogP contribution is 2.36. The van der Waals surface area contributed by atoms with Gasteiger partial charge in [-0.2, -0.15) is 0 Å². The van der Waals surface area contributed by atoms with Crippen molar-refractivity contribution >= 4 is 29.9 Å². The molecule has 0 atom stereocenters. The van der Waals surface area contributed by atoms with Crippen molar-refractivity contribution in [1.29, 1.82) is 0 Å². The highest BCUT2D eigenvalue weighted by atomic mass is 35.5. The molecule has 0 aliphatic heterocycles. The summed E-state index contributed by atoms with van der Waals surface area (Å²) < 4.78 is 10.6. The lowest BCUT2D eigenvalue weighted by atomic mass is 10.0. The number of methoxy groups -OCH3 is 1. The molecule has 0 fully saturated rings. The highest BCUT2D eigenvalue weighted by molar-refractivity contribution is 6.32. The molecule has 21 heavy (non-hydrogen) atoms. The Balaban J connectivity index is 0.00000400. The number of benzene rings is 1. The predicted molar refractivity (Wildman–Crippen MR) is 87.0 cm³/mol. The van der Waals surface area contributed by atoms with Gasteiger partial charge in [-0.1, -0.05) is 11.6 Å². The number of halogens is 2. The van der Waals surface area contributed by atoms with Crippen molar-refractivity contribution in [3.05, 3.63) is 22.7 Å². The zero-order chi connectivity index (χ0) is 15.3. The normalized spacial score (nSPS) is 10.6. The highest BCUT2D eigenvalue weighted by Gasteiger charge is 2.21. The van der Waals surface area contributed by atoms with E-state index in [1.54, 1.807) is 12.1 Å². The third kappa shape index (κ3) is 5.26. The van der Waals surface area contributed by atoms with Crippen LogP contribution in [0.2, 0.25) is 5.02 Å². The van der Waals surface area contributed by atoms with E-state index < -0.39 is 5.54 Å². The molecule has 0 aliphatic rings. The lowest BCUT2D eigenvalue weighted by molar-refractivity contribution is 0.0915.